The molecule has 0 aliphatic heterocycles. The molecule has 3 N–H and O–H groups in total. The highest BCUT2D eigenvalue weighted by molar-refractivity contribution is 6.00. The zero-order chi connectivity index (χ0) is 25.2. The molecule has 0 bridgehead atoms. The van der Waals surface area contributed by atoms with Gasteiger partial charge in [0.15, 0.2) is 5.65 Å². The van der Waals surface area contributed by atoms with Crippen LogP contribution in [0.4, 0.5) is 5.69 Å². The average molecular weight is 489 g/mol. The Morgan fingerprint density at radius 1 is 0.892 bits per heavy atom. The van der Waals surface area contributed by atoms with E-state index in [9.17, 15) is 4.79 Å². The summed E-state index contributed by atoms with van der Waals surface area (Å²) in [6.07, 6.45) is 12.8. The Labute approximate surface area is 212 Å². The summed E-state index contributed by atoms with van der Waals surface area (Å²) in [6.45, 7) is 2.06. The van der Waals surface area contributed by atoms with Gasteiger partial charge < -0.3 is 10.3 Å². The van der Waals surface area contributed by atoms with Gasteiger partial charge in [0.1, 0.15) is 0 Å². The first kappa shape index (κ1) is 22.5. The zero-order valence-electron chi connectivity index (χ0n) is 20.2. The molecule has 6 rings (SSSR count). The molecule has 0 spiro atoms. The lowest BCUT2D eigenvalue weighted by Gasteiger charge is -2.07. The number of rotatable bonds is 7. The van der Waals surface area contributed by atoms with E-state index < -0.39 is 0 Å². The second-order valence-electron chi connectivity index (χ2n) is 8.85. The van der Waals surface area contributed by atoms with E-state index in [2.05, 4.69) is 53.4 Å². The number of hydrogen-bond acceptors (Lipinski definition) is 6. The fourth-order valence-corrected chi connectivity index (χ4v) is 4.42. The minimum atomic E-state index is -0.00839. The van der Waals surface area contributed by atoms with Gasteiger partial charge in [0.25, 0.3) is 0 Å². The van der Waals surface area contributed by atoms with E-state index in [4.69, 9.17) is 0 Å². The molecule has 0 unspecified atom stereocenters. The maximum atomic E-state index is 12.2. The molecule has 0 saturated carbocycles. The van der Waals surface area contributed by atoms with Crippen LogP contribution in [0, 0.1) is 0 Å². The lowest BCUT2D eigenvalue weighted by atomic mass is 10.1. The number of pyridine rings is 4. The lowest BCUT2D eigenvalue weighted by Crippen LogP contribution is -2.11. The van der Waals surface area contributed by atoms with Crippen molar-refractivity contribution in [3.05, 3.63) is 73.6 Å². The van der Waals surface area contributed by atoms with Crippen molar-refractivity contribution in [3.8, 4) is 33.8 Å². The van der Waals surface area contributed by atoms with Crippen LogP contribution in [0.15, 0.2) is 73.6 Å². The van der Waals surface area contributed by atoms with Crippen molar-refractivity contribution < 1.29 is 4.79 Å². The summed E-state index contributed by atoms with van der Waals surface area (Å²) in [5, 5.41) is 12.4. The first-order chi connectivity index (χ1) is 18.2. The van der Waals surface area contributed by atoms with Crippen LogP contribution in [0.2, 0.25) is 0 Å². The van der Waals surface area contributed by atoms with Crippen LogP contribution in [0.1, 0.15) is 26.2 Å². The monoisotopic (exact) mass is 488 g/mol. The minimum Gasteiger partial charge on any atom is -0.353 e. The van der Waals surface area contributed by atoms with Crippen LogP contribution in [-0.2, 0) is 4.79 Å². The Balaban J connectivity index is 1.37. The fourth-order valence-electron chi connectivity index (χ4n) is 4.42. The predicted octanol–water partition coefficient (Wildman–Crippen LogP) is 5.75. The number of unbranched alkanes of at least 4 members (excludes halogenated alkanes) is 1. The van der Waals surface area contributed by atoms with Crippen molar-refractivity contribution in [2.75, 3.05) is 5.32 Å². The molecule has 1 amide bonds. The number of aromatic nitrogens is 7. The van der Waals surface area contributed by atoms with Gasteiger partial charge in [-0.15, -0.1) is 0 Å². The first-order valence-electron chi connectivity index (χ1n) is 12.2. The van der Waals surface area contributed by atoms with Crippen LogP contribution in [0.25, 0.3) is 55.7 Å². The molecule has 0 aromatic carbocycles. The molecule has 0 aliphatic carbocycles. The number of aromatic amines is 2. The van der Waals surface area contributed by atoms with Gasteiger partial charge in [0, 0.05) is 70.4 Å². The summed E-state index contributed by atoms with van der Waals surface area (Å²) < 4.78 is 0. The molecule has 0 saturated heterocycles. The van der Waals surface area contributed by atoms with Crippen LogP contribution >= 0.6 is 0 Å². The Kier molecular flexibility index (Phi) is 5.86. The molecule has 0 radical (unpaired) electrons. The molecule has 0 aliphatic rings. The highest BCUT2D eigenvalue weighted by atomic mass is 16.1. The SMILES string of the molecule is CCCCC(=O)Nc1cncc(-c2cnc3n[nH]c(-c4cc5c(-c6ccncc6)nccc5[nH]4)c3c2)c1. The van der Waals surface area contributed by atoms with Gasteiger partial charge in [-0.25, -0.2) is 4.98 Å². The molecule has 6 heterocycles. The van der Waals surface area contributed by atoms with Crippen LogP contribution in [0.5, 0.6) is 0 Å². The number of hydrogen-bond donors (Lipinski definition) is 3. The number of nitrogens with zero attached hydrogens (tertiary/aromatic N) is 5. The summed E-state index contributed by atoms with van der Waals surface area (Å²) in [5.74, 6) is -0.00839. The Hall–Kier alpha value is -4.92. The normalized spacial score (nSPS) is 11.3. The standard InChI is InChI=1S/C28H24N8O/c1-2-3-4-25(37)33-20-11-18(14-30-16-20)19-12-22-27(35-36-28(22)32-15-19)24-13-21-23(34-24)7-10-31-26(21)17-5-8-29-9-6-17/h5-16,34H,2-4H2,1H3,(H,33,37)(H,32,35,36). The minimum absolute atomic E-state index is 0.00839. The Morgan fingerprint density at radius 2 is 1.76 bits per heavy atom. The number of fused-ring (bicyclic) bond motifs is 2. The van der Waals surface area contributed by atoms with Gasteiger partial charge in [0.2, 0.25) is 5.91 Å². The van der Waals surface area contributed by atoms with E-state index in [0.717, 1.165) is 62.9 Å². The summed E-state index contributed by atoms with van der Waals surface area (Å²) in [6, 6.07) is 11.9. The number of carbonyl (C=O) groups excluding carboxylic acids is 1. The number of carbonyl (C=O) groups is 1. The third-order valence-corrected chi connectivity index (χ3v) is 6.29. The number of anilines is 1. The largest absolute Gasteiger partial charge is 0.353 e. The number of nitrogens with one attached hydrogen (secondary N) is 3. The molecule has 9 nitrogen and oxygen atoms in total. The number of amides is 1. The van der Waals surface area contributed by atoms with E-state index >= 15 is 0 Å². The van der Waals surface area contributed by atoms with Gasteiger partial charge in [-0.2, -0.15) is 5.10 Å². The highest BCUT2D eigenvalue weighted by Crippen LogP contribution is 2.33. The van der Waals surface area contributed by atoms with E-state index in [-0.39, 0.29) is 5.91 Å². The lowest BCUT2D eigenvalue weighted by molar-refractivity contribution is -0.116. The fraction of sp³-hybridized carbons (Fsp3) is 0.143. The van der Waals surface area contributed by atoms with Gasteiger partial charge in [-0.3, -0.25) is 24.8 Å². The van der Waals surface area contributed by atoms with E-state index in [0.29, 0.717) is 17.8 Å². The van der Waals surface area contributed by atoms with Crippen molar-refractivity contribution in [1.29, 1.82) is 0 Å². The summed E-state index contributed by atoms with van der Waals surface area (Å²) in [5.41, 5.74) is 7.58. The molecular weight excluding hydrogens is 464 g/mol. The quantitative estimate of drug-likeness (QED) is 0.263. The molecule has 0 fully saturated rings. The van der Waals surface area contributed by atoms with E-state index in [1.54, 1.807) is 37.2 Å². The maximum absolute atomic E-state index is 12.2. The average Bonchev–Trinajstić information content (AvgIpc) is 3.56. The summed E-state index contributed by atoms with van der Waals surface area (Å²) >= 11 is 0. The second-order valence-corrected chi connectivity index (χ2v) is 8.85. The molecule has 0 atom stereocenters. The van der Waals surface area contributed by atoms with Crippen molar-refractivity contribution in [3.63, 3.8) is 0 Å². The highest BCUT2D eigenvalue weighted by Gasteiger charge is 2.15. The van der Waals surface area contributed by atoms with Crippen LogP contribution in [0.3, 0.4) is 0 Å². The summed E-state index contributed by atoms with van der Waals surface area (Å²) in [4.78, 5) is 33.3. The predicted molar refractivity (Wildman–Crippen MR) is 144 cm³/mol. The Morgan fingerprint density at radius 3 is 2.62 bits per heavy atom. The van der Waals surface area contributed by atoms with Crippen molar-refractivity contribution >= 4 is 33.5 Å². The van der Waals surface area contributed by atoms with Crippen LogP contribution < -0.4 is 5.32 Å². The smallest absolute Gasteiger partial charge is 0.224 e. The van der Waals surface area contributed by atoms with Gasteiger partial charge in [0.05, 0.1) is 29.0 Å². The molecule has 6 aromatic heterocycles. The van der Waals surface area contributed by atoms with E-state index in [1.807, 2.05) is 30.3 Å². The number of H-pyrrole nitrogens is 2. The summed E-state index contributed by atoms with van der Waals surface area (Å²) in [7, 11) is 0. The molecule has 37 heavy (non-hydrogen) atoms. The van der Waals surface area contributed by atoms with Crippen molar-refractivity contribution in [2.24, 2.45) is 0 Å². The van der Waals surface area contributed by atoms with Gasteiger partial charge >= 0.3 is 0 Å². The molecular formula is C28H24N8O. The molecule has 9 heteroatoms. The Bertz CT molecular complexity index is 1720. The van der Waals surface area contributed by atoms with Crippen molar-refractivity contribution in [1.82, 2.24) is 35.1 Å². The topological polar surface area (TPSA) is 125 Å². The van der Waals surface area contributed by atoms with Crippen LogP contribution in [-0.4, -0.2) is 41.0 Å². The first-order valence-corrected chi connectivity index (χ1v) is 12.2. The zero-order valence-corrected chi connectivity index (χ0v) is 20.2. The maximum Gasteiger partial charge on any atom is 0.224 e. The van der Waals surface area contributed by atoms with E-state index in [1.165, 1.54) is 0 Å². The van der Waals surface area contributed by atoms with Gasteiger partial charge in [-0.1, -0.05) is 13.3 Å². The second kappa shape index (κ2) is 9.62. The third kappa shape index (κ3) is 4.42. The van der Waals surface area contributed by atoms with Crippen molar-refractivity contribution in [2.45, 2.75) is 26.2 Å². The third-order valence-electron chi connectivity index (χ3n) is 6.29. The molecule has 182 valence electrons. The molecule has 6 aromatic rings. The van der Waals surface area contributed by atoms with Gasteiger partial charge in [-0.05, 0) is 42.8 Å².